The van der Waals surface area contributed by atoms with Crippen molar-refractivity contribution in [2.75, 3.05) is 18.4 Å². The Bertz CT molecular complexity index is 1120. The van der Waals surface area contributed by atoms with Crippen molar-refractivity contribution in [2.24, 2.45) is 0 Å². The summed E-state index contributed by atoms with van der Waals surface area (Å²) in [6.07, 6.45) is 3.48. The van der Waals surface area contributed by atoms with Gasteiger partial charge in [0.15, 0.2) is 0 Å². The monoisotopic (exact) mass is 454 g/mol. The Balaban J connectivity index is 1.73. The van der Waals surface area contributed by atoms with E-state index in [0.29, 0.717) is 16.8 Å². The summed E-state index contributed by atoms with van der Waals surface area (Å²) in [5.74, 6) is 0.776. The fourth-order valence-corrected chi connectivity index (χ4v) is 5.24. The molecule has 0 bridgehead atoms. The van der Waals surface area contributed by atoms with E-state index in [1.165, 1.54) is 6.92 Å². The normalized spacial score (nSPS) is 14.5. The van der Waals surface area contributed by atoms with Crippen LogP contribution >= 0.6 is 22.9 Å². The van der Waals surface area contributed by atoms with Crippen molar-refractivity contribution in [3.63, 3.8) is 0 Å². The predicted octanol–water partition coefficient (Wildman–Crippen LogP) is 5.21. The number of hydrogen-bond acceptors (Lipinski definition) is 5. The zero-order valence-electron chi connectivity index (χ0n) is 17.4. The largest absolute Gasteiger partial charge is 0.343 e. The van der Waals surface area contributed by atoms with Gasteiger partial charge in [0.25, 0.3) is 0 Å². The van der Waals surface area contributed by atoms with Gasteiger partial charge in [0.05, 0.1) is 15.6 Å². The minimum Gasteiger partial charge on any atom is -0.343 e. The lowest BCUT2D eigenvalue weighted by atomic mass is 9.97. The van der Waals surface area contributed by atoms with E-state index >= 15 is 0 Å². The molecule has 3 heterocycles. The number of nitrogens with one attached hydrogen (secondary N) is 1. The van der Waals surface area contributed by atoms with Gasteiger partial charge in [0, 0.05) is 49.6 Å². The average molecular weight is 455 g/mol. The topological polar surface area (TPSA) is 75.2 Å². The van der Waals surface area contributed by atoms with Crippen molar-refractivity contribution in [3.05, 3.63) is 52.6 Å². The molecule has 1 aliphatic rings. The number of rotatable bonds is 4. The number of thiazole rings is 1. The van der Waals surface area contributed by atoms with Crippen LogP contribution in [0.2, 0.25) is 5.02 Å². The molecule has 1 N–H and O–H groups in total. The first-order valence-electron chi connectivity index (χ1n) is 10.2. The standard InChI is InChI=1S/C23H23ClN4O2S/c1-14(29)26-20-13-18(6-9-25-20)22-21(17-4-3-5-19(24)12-17)27-23(31-22)16-7-10-28(11-8-16)15(2)30/h3-6,9,12-13,16H,7-8,10-11H2,1-2H3,(H,25,26,29). The van der Waals surface area contributed by atoms with Crippen LogP contribution in [0.25, 0.3) is 21.7 Å². The number of pyridine rings is 1. The van der Waals surface area contributed by atoms with Crippen molar-refractivity contribution in [3.8, 4) is 21.7 Å². The van der Waals surface area contributed by atoms with Gasteiger partial charge in [-0.15, -0.1) is 11.3 Å². The van der Waals surface area contributed by atoms with Crippen LogP contribution in [0.15, 0.2) is 42.6 Å². The van der Waals surface area contributed by atoms with Crippen LogP contribution in [0.3, 0.4) is 0 Å². The van der Waals surface area contributed by atoms with Crippen molar-refractivity contribution in [2.45, 2.75) is 32.6 Å². The van der Waals surface area contributed by atoms with Crippen LogP contribution in [-0.2, 0) is 9.59 Å². The van der Waals surface area contributed by atoms with Gasteiger partial charge >= 0.3 is 0 Å². The Hall–Kier alpha value is -2.77. The van der Waals surface area contributed by atoms with Gasteiger partial charge in [-0.2, -0.15) is 0 Å². The quantitative estimate of drug-likeness (QED) is 0.587. The summed E-state index contributed by atoms with van der Waals surface area (Å²) < 4.78 is 0. The maximum absolute atomic E-state index is 11.7. The Labute approximate surface area is 190 Å². The molecule has 0 aliphatic carbocycles. The predicted molar refractivity (Wildman–Crippen MR) is 124 cm³/mol. The van der Waals surface area contributed by atoms with Gasteiger partial charge in [-0.05, 0) is 42.7 Å². The summed E-state index contributed by atoms with van der Waals surface area (Å²) in [5, 5.41) is 4.46. The molecule has 0 atom stereocenters. The summed E-state index contributed by atoms with van der Waals surface area (Å²) in [6, 6.07) is 11.5. The molecule has 160 valence electrons. The number of halogens is 1. The molecule has 2 aromatic heterocycles. The smallest absolute Gasteiger partial charge is 0.222 e. The van der Waals surface area contributed by atoms with E-state index in [1.807, 2.05) is 41.3 Å². The number of carbonyl (C=O) groups excluding carboxylic acids is 2. The molecule has 0 saturated carbocycles. The molecule has 2 amide bonds. The first-order chi connectivity index (χ1) is 14.9. The van der Waals surface area contributed by atoms with Crippen LogP contribution in [0, 0.1) is 0 Å². The van der Waals surface area contributed by atoms with Gasteiger partial charge in [-0.25, -0.2) is 9.97 Å². The number of aromatic nitrogens is 2. The van der Waals surface area contributed by atoms with E-state index < -0.39 is 0 Å². The number of hydrogen-bond donors (Lipinski definition) is 1. The van der Waals surface area contributed by atoms with E-state index in [-0.39, 0.29) is 11.8 Å². The van der Waals surface area contributed by atoms with Gasteiger partial charge in [0.1, 0.15) is 5.82 Å². The van der Waals surface area contributed by atoms with Gasteiger partial charge < -0.3 is 10.2 Å². The third-order valence-electron chi connectivity index (χ3n) is 5.36. The number of benzene rings is 1. The highest BCUT2D eigenvalue weighted by Gasteiger charge is 2.26. The molecule has 1 aromatic carbocycles. The van der Waals surface area contributed by atoms with Gasteiger partial charge in [-0.3, -0.25) is 9.59 Å². The maximum atomic E-state index is 11.7. The number of piperidine rings is 1. The summed E-state index contributed by atoms with van der Waals surface area (Å²) in [6.45, 7) is 4.59. The van der Waals surface area contributed by atoms with Crippen LogP contribution in [-0.4, -0.2) is 39.8 Å². The maximum Gasteiger partial charge on any atom is 0.222 e. The molecule has 6 nitrogen and oxygen atoms in total. The molecular formula is C23H23ClN4O2S. The molecular weight excluding hydrogens is 432 g/mol. The SMILES string of the molecule is CC(=O)Nc1cc(-c2sc(C3CCN(C(C)=O)CC3)nc2-c2cccc(Cl)c2)ccn1. The lowest BCUT2D eigenvalue weighted by molar-refractivity contribution is -0.129. The lowest BCUT2D eigenvalue weighted by Gasteiger charge is -2.30. The zero-order valence-corrected chi connectivity index (χ0v) is 19.0. The third-order valence-corrected chi connectivity index (χ3v) is 6.86. The van der Waals surface area contributed by atoms with Gasteiger partial charge in [0.2, 0.25) is 11.8 Å². The molecule has 8 heteroatoms. The highest BCUT2D eigenvalue weighted by molar-refractivity contribution is 7.15. The number of anilines is 1. The Morgan fingerprint density at radius 3 is 2.58 bits per heavy atom. The summed E-state index contributed by atoms with van der Waals surface area (Å²) in [7, 11) is 0. The summed E-state index contributed by atoms with van der Waals surface area (Å²) in [4.78, 5) is 35.3. The molecule has 1 saturated heterocycles. The molecule has 0 unspecified atom stereocenters. The second-order valence-corrected chi connectivity index (χ2v) is 9.10. The highest BCUT2D eigenvalue weighted by atomic mass is 35.5. The first kappa shape index (κ1) is 21.5. The lowest BCUT2D eigenvalue weighted by Crippen LogP contribution is -2.36. The number of carbonyl (C=O) groups is 2. The zero-order chi connectivity index (χ0) is 22.0. The third kappa shape index (κ3) is 4.94. The summed E-state index contributed by atoms with van der Waals surface area (Å²) >= 11 is 7.92. The fraction of sp³-hybridized carbons (Fsp3) is 0.304. The number of nitrogens with zero attached hydrogens (tertiary/aromatic N) is 3. The molecule has 1 aliphatic heterocycles. The van der Waals surface area contributed by atoms with Crippen molar-refractivity contribution < 1.29 is 9.59 Å². The Morgan fingerprint density at radius 1 is 1.13 bits per heavy atom. The molecule has 3 aromatic rings. The molecule has 1 fully saturated rings. The Morgan fingerprint density at radius 2 is 1.90 bits per heavy atom. The average Bonchev–Trinajstić information content (AvgIpc) is 3.19. The van der Waals surface area contributed by atoms with E-state index in [2.05, 4.69) is 10.3 Å². The molecule has 0 radical (unpaired) electrons. The molecule has 4 rings (SSSR count). The number of amides is 2. The first-order valence-corrected chi connectivity index (χ1v) is 11.4. The molecule has 0 spiro atoms. The molecule has 31 heavy (non-hydrogen) atoms. The van der Waals surface area contributed by atoms with Crippen molar-refractivity contribution in [1.82, 2.24) is 14.9 Å². The fourth-order valence-electron chi connectivity index (χ4n) is 3.80. The minimum atomic E-state index is -0.165. The van der Waals surface area contributed by atoms with Crippen LogP contribution in [0.1, 0.15) is 37.6 Å². The van der Waals surface area contributed by atoms with Crippen LogP contribution < -0.4 is 5.32 Å². The van der Waals surface area contributed by atoms with E-state index in [9.17, 15) is 9.59 Å². The van der Waals surface area contributed by atoms with E-state index in [4.69, 9.17) is 16.6 Å². The summed E-state index contributed by atoms with van der Waals surface area (Å²) in [5.41, 5.74) is 2.76. The van der Waals surface area contributed by atoms with Crippen molar-refractivity contribution in [1.29, 1.82) is 0 Å². The van der Waals surface area contributed by atoms with Crippen LogP contribution in [0.4, 0.5) is 5.82 Å². The Kier molecular flexibility index (Phi) is 6.34. The van der Waals surface area contributed by atoms with Gasteiger partial charge in [-0.1, -0.05) is 23.7 Å². The van der Waals surface area contributed by atoms with Crippen molar-refractivity contribution >= 4 is 40.6 Å². The second kappa shape index (κ2) is 9.16. The van der Waals surface area contributed by atoms with Crippen LogP contribution in [0.5, 0.6) is 0 Å². The van der Waals surface area contributed by atoms with E-state index in [0.717, 1.165) is 52.6 Å². The minimum absolute atomic E-state index is 0.125. The van der Waals surface area contributed by atoms with E-state index in [1.54, 1.807) is 24.5 Å². The second-order valence-electron chi connectivity index (χ2n) is 7.63. The number of likely N-dealkylation sites (tertiary alicyclic amines) is 1. The highest BCUT2D eigenvalue weighted by Crippen LogP contribution is 2.42.